The second kappa shape index (κ2) is 7.57. The molecule has 0 fully saturated rings. The molecule has 2 N–H and O–H groups in total. The number of nitrogens with one attached hydrogen (secondary N) is 2. The van der Waals surface area contributed by atoms with Crippen molar-refractivity contribution < 1.29 is 9.59 Å². The first-order valence-corrected chi connectivity index (χ1v) is 8.09. The van der Waals surface area contributed by atoms with Gasteiger partial charge in [0.15, 0.2) is 5.78 Å². The Morgan fingerprint density at radius 1 is 0.923 bits per heavy atom. The van der Waals surface area contributed by atoms with Gasteiger partial charge in [-0.3, -0.25) is 9.59 Å². The number of carbonyl (C=O) groups is 2. The molecule has 0 aliphatic carbocycles. The van der Waals surface area contributed by atoms with Gasteiger partial charge in [-0.15, -0.1) is 0 Å². The summed E-state index contributed by atoms with van der Waals surface area (Å²) in [5.41, 5.74) is 3.32. The zero-order valence-corrected chi connectivity index (χ0v) is 14.5. The average Bonchev–Trinajstić information content (AvgIpc) is 2.64. The molecule has 0 spiro atoms. The van der Waals surface area contributed by atoms with Gasteiger partial charge in [0, 0.05) is 16.9 Å². The molecule has 130 valence electrons. The summed E-state index contributed by atoms with van der Waals surface area (Å²) in [6.45, 7) is 3.50. The van der Waals surface area contributed by atoms with Crippen molar-refractivity contribution >= 4 is 28.9 Å². The zero-order valence-electron chi connectivity index (χ0n) is 14.5. The fourth-order valence-corrected chi connectivity index (χ4v) is 2.31. The number of aryl methyl sites for hydroxylation is 1. The first-order chi connectivity index (χ1) is 12.5. The van der Waals surface area contributed by atoms with Crippen molar-refractivity contribution in [1.82, 2.24) is 9.97 Å². The van der Waals surface area contributed by atoms with Gasteiger partial charge in [0.2, 0.25) is 0 Å². The maximum absolute atomic E-state index is 12.3. The van der Waals surface area contributed by atoms with Gasteiger partial charge in [0.1, 0.15) is 11.5 Å². The third-order valence-electron chi connectivity index (χ3n) is 3.74. The zero-order chi connectivity index (χ0) is 18.5. The third kappa shape index (κ3) is 4.30. The monoisotopic (exact) mass is 346 g/mol. The van der Waals surface area contributed by atoms with E-state index in [9.17, 15) is 9.59 Å². The van der Waals surface area contributed by atoms with Crippen LogP contribution in [0.3, 0.4) is 0 Å². The highest BCUT2D eigenvalue weighted by Gasteiger charge is 2.10. The van der Waals surface area contributed by atoms with Crippen LogP contribution < -0.4 is 10.6 Å². The Morgan fingerprint density at radius 3 is 2.35 bits per heavy atom. The Balaban J connectivity index is 1.68. The summed E-state index contributed by atoms with van der Waals surface area (Å²) in [5.74, 6) is 0.0940. The highest BCUT2D eigenvalue weighted by Crippen LogP contribution is 2.15. The quantitative estimate of drug-likeness (QED) is 0.683. The van der Waals surface area contributed by atoms with Crippen molar-refractivity contribution in [3.63, 3.8) is 0 Å². The van der Waals surface area contributed by atoms with Crippen molar-refractivity contribution in [2.75, 3.05) is 10.6 Å². The molecule has 6 heteroatoms. The molecule has 0 unspecified atom stereocenters. The minimum Gasteiger partial charge on any atom is -0.339 e. The molecule has 0 saturated carbocycles. The van der Waals surface area contributed by atoms with Crippen LogP contribution in [-0.4, -0.2) is 21.7 Å². The lowest BCUT2D eigenvalue weighted by molar-refractivity contribution is 0.100. The standard InChI is InChI=1S/C20H18N4O2/c1-13-6-8-16(9-7-13)23-19-12-21-18(11-22-19)20(26)24-17-5-3-4-15(10-17)14(2)25/h3-12H,1-2H3,(H,22,23)(H,24,26). The molecule has 1 amide bonds. The van der Waals surface area contributed by atoms with Crippen molar-refractivity contribution in [3.05, 3.63) is 77.7 Å². The van der Waals surface area contributed by atoms with Crippen LogP contribution in [0.15, 0.2) is 60.9 Å². The van der Waals surface area contributed by atoms with E-state index < -0.39 is 0 Å². The molecule has 2 aromatic carbocycles. The summed E-state index contributed by atoms with van der Waals surface area (Å²) in [5, 5.41) is 5.84. The number of rotatable bonds is 5. The summed E-state index contributed by atoms with van der Waals surface area (Å²) in [6.07, 6.45) is 2.90. The lowest BCUT2D eigenvalue weighted by atomic mass is 10.1. The van der Waals surface area contributed by atoms with Crippen molar-refractivity contribution in [3.8, 4) is 0 Å². The van der Waals surface area contributed by atoms with E-state index in [2.05, 4.69) is 20.6 Å². The van der Waals surface area contributed by atoms with E-state index >= 15 is 0 Å². The lowest BCUT2D eigenvalue weighted by Gasteiger charge is -2.08. The molecule has 3 aromatic rings. The summed E-state index contributed by atoms with van der Waals surface area (Å²) < 4.78 is 0. The molecular weight excluding hydrogens is 328 g/mol. The number of Topliss-reactive ketones (excluding diaryl/α,β-unsaturated/α-hetero) is 1. The molecule has 0 atom stereocenters. The smallest absolute Gasteiger partial charge is 0.275 e. The molecule has 0 bridgehead atoms. The van der Waals surface area contributed by atoms with Gasteiger partial charge in [0.25, 0.3) is 5.91 Å². The molecule has 0 radical (unpaired) electrons. The predicted octanol–water partition coefficient (Wildman–Crippen LogP) is 3.98. The molecule has 1 aromatic heterocycles. The van der Waals surface area contributed by atoms with Crippen LogP contribution in [0, 0.1) is 6.92 Å². The van der Waals surface area contributed by atoms with E-state index in [4.69, 9.17) is 0 Å². The Labute approximate surface area is 151 Å². The molecular formula is C20H18N4O2. The summed E-state index contributed by atoms with van der Waals surface area (Å²) in [6, 6.07) is 14.6. The largest absolute Gasteiger partial charge is 0.339 e. The van der Waals surface area contributed by atoms with Gasteiger partial charge in [0.05, 0.1) is 12.4 Å². The molecule has 26 heavy (non-hydrogen) atoms. The van der Waals surface area contributed by atoms with Gasteiger partial charge in [-0.25, -0.2) is 9.97 Å². The third-order valence-corrected chi connectivity index (χ3v) is 3.74. The highest BCUT2D eigenvalue weighted by molar-refractivity contribution is 6.03. The van der Waals surface area contributed by atoms with E-state index in [-0.39, 0.29) is 17.4 Å². The van der Waals surface area contributed by atoms with E-state index in [1.54, 1.807) is 24.3 Å². The topological polar surface area (TPSA) is 84.0 Å². The van der Waals surface area contributed by atoms with Gasteiger partial charge >= 0.3 is 0 Å². The van der Waals surface area contributed by atoms with Crippen LogP contribution in [0.2, 0.25) is 0 Å². The maximum atomic E-state index is 12.3. The summed E-state index contributed by atoms with van der Waals surface area (Å²) in [7, 11) is 0. The van der Waals surface area contributed by atoms with Gasteiger partial charge in [-0.05, 0) is 38.1 Å². The van der Waals surface area contributed by atoms with E-state index in [0.29, 0.717) is 17.1 Å². The number of carbonyl (C=O) groups excluding carboxylic acids is 2. The first kappa shape index (κ1) is 17.3. The fraction of sp³-hybridized carbons (Fsp3) is 0.100. The normalized spacial score (nSPS) is 10.2. The maximum Gasteiger partial charge on any atom is 0.275 e. The van der Waals surface area contributed by atoms with Gasteiger partial charge in [-0.1, -0.05) is 29.8 Å². The Morgan fingerprint density at radius 2 is 1.69 bits per heavy atom. The Kier molecular flexibility index (Phi) is 5.03. The number of amides is 1. The Bertz CT molecular complexity index is 935. The summed E-state index contributed by atoms with van der Waals surface area (Å²) in [4.78, 5) is 32.1. The molecule has 3 rings (SSSR count). The van der Waals surface area contributed by atoms with E-state index in [1.807, 2.05) is 31.2 Å². The molecule has 6 nitrogen and oxygen atoms in total. The van der Waals surface area contributed by atoms with Crippen LogP contribution in [0.25, 0.3) is 0 Å². The van der Waals surface area contributed by atoms with Crippen molar-refractivity contribution in [2.45, 2.75) is 13.8 Å². The fourth-order valence-electron chi connectivity index (χ4n) is 2.31. The number of anilines is 3. The second-order valence-electron chi connectivity index (χ2n) is 5.87. The number of hydrogen-bond donors (Lipinski definition) is 2. The second-order valence-corrected chi connectivity index (χ2v) is 5.87. The SMILES string of the molecule is CC(=O)c1cccc(NC(=O)c2cnc(Nc3ccc(C)cc3)cn2)c1. The van der Waals surface area contributed by atoms with Crippen LogP contribution in [0.4, 0.5) is 17.2 Å². The minimum atomic E-state index is -0.389. The number of benzene rings is 2. The average molecular weight is 346 g/mol. The van der Waals surface area contributed by atoms with Crippen LogP contribution in [-0.2, 0) is 0 Å². The molecule has 1 heterocycles. The number of aromatic nitrogens is 2. The minimum absolute atomic E-state index is 0.0626. The highest BCUT2D eigenvalue weighted by atomic mass is 16.2. The first-order valence-electron chi connectivity index (χ1n) is 8.09. The summed E-state index contributed by atoms with van der Waals surface area (Å²) >= 11 is 0. The number of ketones is 1. The van der Waals surface area contributed by atoms with Gasteiger partial charge < -0.3 is 10.6 Å². The number of hydrogen-bond acceptors (Lipinski definition) is 5. The lowest BCUT2D eigenvalue weighted by Crippen LogP contribution is -2.14. The Hall–Kier alpha value is -3.54. The van der Waals surface area contributed by atoms with Crippen molar-refractivity contribution in [1.29, 1.82) is 0 Å². The predicted molar refractivity (Wildman–Crippen MR) is 101 cm³/mol. The van der Waals surface area contributed by atoms with E-state index in [0.717, 1.165) is 5.69 Å². The van der Waals surface area contributed by atoms with Gasteiger partial charge in [-0.2, -0.15) is 0 Å². The van der Waals surface area contributed by atoms with Crippen LogP contribution in [0.5, 0.6) is 0 Å². The molecule has 0 aliphatic heterocycles. The number of nitrogens with zero attached hydrogens (tertiary/aromatic N) is 2. The van der Waals surface area contributed by atoms with Crippen LogP contribution in [0.1, 0.15) is 33.3 Å². The molecule has 0 aliphatic rings. The van der Waals surface area contributed by atoms with E-state index in [1.165, 1.54) is 24.9 Å². The van der Waals surface area contributed by atoms with Crippen LogP contribution >= 0.6 is 0 Å². The van der Waals surface area contributed by atoms with Crippen molar-refractivity contribution in [2.24, 2.45) is 0 Å². The molecule has 0 saturated heterocycles.